The van der Waals surface area contributed by atoms with Gasteiger partial charge in [-0.25, -0.2) is 0 Å². The zero-order valence-corrected chi connectivity index (χ0v) is 15.3. The van der Waals surface area contributed by atoms with E-state index in [1.54, 1.807) is 36.4 Å². The molecule has 0 unspecified atom stereocenters. The maximum Gasteiger partial charge on any atom is 0.294 e. The number of nitrogens with zero attached hydrogens (tertiary/aromatic N) is 1. The Labute approximate surface area is 165 Å². The number of fused-ring (bicyclic) bond motifs is 2. The first-order valence-electron chi connectivity index (χ1n) is 8.76. The molecule has 7 heteroatoms. The summed E-state index contributed by atoms with van der Waals surface area (Å²) in [4.78, 5) is 49.5. The Morgan fingerprint density at radius 3 is 2.10 bits per heavy atom. The number of nitrogens with one attached hydrogen (secondary N) is 1. The fourth-order valence-corrected chi connectivity index (χ4v) is 3.38. The van der Waals surface area contributed by atoms with Gasteiger partial charge in [0.05, 0.1) is 4.92 Å². The molecule has 0 spiro atoms. The molecule has 142 valence electrons. The number of carbonyl (C=O) groups is 3. The summed E-state index contributed by atoms with van der Waals surface area (Å²) in [6, 6.07) is 15.6. The van der Waals surface area contributed by atoms with E-state index in [0.717, 1.165) is 5.56 Å². The maximum atomic E-state index is 13.0. The van der Waals surface area contributed by atoms with E-state index in [2.05, 4.69) is 5.32 Å². The van der Waals surface area contributed by atoms with Crippen LogP contribution in [0.5, 0.6) is 0 Å². The molecule has 0 fully saturated rings. The molecule has 1 aliphatic rings. The lowest BCUT2D eigenvalue weighted by atomic mass is 9.82. The Morgan fingerprint density at radius 1 is 0.862 bits per heavy atom. The first-order chi connectivity index (χ1) is 13.9. The van der Waals surface area contributed by atoms with Crippen LogP contribution in [0.2, 0.25) is 0 Å². The second-order valence-corrected chi connectivity index (χ2v) is 6.67. The van der Waals surface area contributed by atoms with E-state index in [4.69, 9.17) is 0 Å². The van der Waals surface area contributed by atoms with Gasteiger partial charge in [0.25, 0.3) is 11.6 Å². The van der Waals surface area contributed by atoms with E-state index in [0.29, 0.717) is 5.69 Å². The van der Waals surface area contributed by atoms with Crippen molar-refractivity contribution in [3.05, 3.63) is 104 Å². The minimum atomic E-state index is -0.790. The second kappa shape index (κ2) is 6.79. The minimum Gasteiger partial charge on any atom is -0.322 e. The van der Waals surface area contributed by atoms with Gasteiger partial charge in [0.2, 0.25) is 5.78 Å². The topological polar surface area (TPSA) is 106 Å². The third-order valence-electron chi connectivity index (χ3n) is 4.80. The van der Waals surface area contributed by atoms with Crippen molar-refractivity contribution < 1.29 is 19.3 Å². The largest absolute Gasteiger partial charge is 0.322 e. The number of aryl methyl sites for hydroxylation is 1. The number of carbonyl (C=O) groups excluding carboxylic acids is 3. The Balaban J connectivity index is 1.84. The van der Waals surface area contributed by atoms with Crippen molar-refractivity contribution >= 4 is 28.8 Å². The zero-order valence-electron chi connectivity index (χ0n) is 15.3. The lowest BCUT2D eigenvalue weighted by molar-refractivity contribution is -0.385. The number of benzene rings is 3. The summed E-state index contributed by atoms with van der Waals surface area (Å²) < 4.78 is 0. The molecule has 3 aromatic carbocycles. The van der Waals surface area contributed by atoms with Crippen molar-refractivity contribution in [1.29, 1.82) is 0 Å². The number of ketones is 2. The quantitative estimate of drug-likeness (QED) is 0.424. The van der Waals surface area contributed by atoms with Crippen LogP contribution in [0.15, 0.2) is 60.7 Å². The van der Waals surface area contributed by atoms with Crippen molar-refractivity contribution in [2.24, 2.45) is 0 Å². The van der Waals surface area contributed by atoms with Gasteiger partial charge in [-0.2, -0.15) is 0 Å². The molecular formula is C22H14N2O5. The van der Waals surface area contributed by atoms with Gasteiger partial charge in [0.15, 0.2) is 5.78 Å². The second-order valence-electron chi connectivity index (χ2n) is 6.67. The minimum absolute atomic E-state index is 0.0766. The van der Waals surface area contributed by atoms with E-state index in [1.165, 1.54) is 24.3 Å². The molecule has 1 N–H and O–H groups in total. The van der Waals surface area contributed by atoms with Crippen LogP contribution in [-0.4, -0.2) is 22.4 Å². The Kier molecular flexibility index (Phi) is 4.27. The predicted octanol–water partition coefficient (Wildman–Crippen LogP) is 3.93. The molecule has 4 rings (SSSR count). The number of nitro benzene ring substituents is 1. The molecule has 0 atom stereocenters. The molecule has 0 bridgehead atoms. The highest BCUT2D eigenvalue weighted by Crippen LogP contribution is 2.35. The van der Waals surface area contributed by atoms with Crippen molar-refractivity contribution in [2.75, 3.05) is 5.32 Å². The Hall–Kier alpha value is -4.13. The van der Waals surface area contributed by atoms with Gasteiger partial charge in [0.1, 0.15) is 11.1 Å². The van der Waals surface area contributed by atoms with Crippen LogP contribution in [0.1, 0.15) is 47.8 Å². The van der Waals surface area contributed by atoms with Gasteiger partial charge in [0, 0.05) is 22.4 Å². The van der Waals surface area contributed by atoms with E-state index >= 15 is 0 Å². The lowest BCUT2D eigenvalue weighted by Crippen LogP contribution is -2.24. The molecule has 0 heterocycles. The lowest BCUT2D eigenvalue weighted by Gasteiger charge is -2.18. The maximum absolute atomic E-state index is 13.0. The SMILES string of the molecule is Cc1ccc(NC(=O)c2ccc3c(c2[N+](=O)[O-])C(=O)c2ccccc2C3=O)cc1. The molecule has 29 heavy (non-hydrogen) atoms. The Morgan fingerprint density at radius 2 is 1.48 bits per heavy atom. The zero-order chi connectivity index (χ0) is 20.7. The van der Waals surface area contributed by atoms with Crippen molar-refractivity contribution in [1.82, 2.24) is 0 Å². The van der Waals surface area contributed by atoms with Gasteiger partial charge >= 0.3 is 0 Å². The number of nitro groups is 1. The third-order valence-corrected chi connectivity index (χ3v) is 4.80. The van der Waals surface area contributed by atoms with Crippen LogP contribution in [0, 0.1) is 17.0 Å². The van der Waals surface area contributed by atoms with Crippen LogP contribution in [0.4, 0.5) is 11.4 Å². The van der Waals surface area contributed by atoms with Crippen molar-refractivity contribution in [3.8, 4) is 0 Å². The van der Waals surface area contributed by atoms with Gasteiger partial charge in [-0.3, -0.25) is 24.5 Å². The molecule has 7 nitrogen and oxygen atoms in total. The number of hydrogen-bond acceptors (Lipinski definition) is 5. The van der Waals surface area contributed by atoms with Crippen LogP contribution >= 0.6 is 0 Å². The summed E-state index contributed by atoms with van der Waals surface area (Å²) in [5.41, 5.74) is 0.351. The summed E-state index contributed by atoms with van der Waals surface area (Å²) in [7, 11) is 0. The molecule has 1 aliphatic carbocycles. The fraction of sp³-hybridized carbons (Fsp3) is 0.0455. The van der Waals surface area contributed by atoms with Crippen LogP contribution in [0.25, 0.3) is 0 Å². The van der Waals surface area contributed by atoms with Gasteiger partial charge in [-0.15, -0.1) is 0 Å². The average molecular weight is 386 g/mol. The van der Waals surface area contributed by atoms with E-state index in [9.17, 15) is 24.5 Å². The monoisotopic (exact) mass is 386 g/mol. The molecular weight excluding hydrogens is 372 g/mol. The number of anilines is 1. The number of amides is 1. The van der Waals surface area contributed by atoms with Crippen LogP contribution < -0.4 is 5.32 Å². The first-order valence-corrected chi connectivity index (χ1v) is 8.76. The highest BCUT2D eigenvalue weighted by molar-refractivity contribution is 6.30. The molecule has 0 aliphatic heterocycles. The van der Waals surface area contributed by atoms with Crippen LogP contribution in [0.3, 0.4) is 0 Å². The predicted molar refractivity (Wildman–Crippen MR) is 106 cm³/mol. The molecule has 0 aromatic heterocycles. The standard InChI is InChI=1S/C22H14N2O5/c1-12-6-8-13(9-7-12)23-22(27)17-11-10-16-18(19(17)24(28)29)21(26)15-5-3-2-4-14(15)20(16)25/h2-11H,1H3,(H,23,27). The van der Waals surface area contributed by atoms with E-state index in [-0.39, 0.29) is 27.8 Å². The highest BCUT2D eigenvalue weighted by Gasteiger charge is 2.38. The third kappa shape index (κ3) is 2.98. The highest BCUT2D eigenvalue weighted by atomic mass is 16.6. The van der Waals surface area contributed by atoms with E-state index in [1.807, 2.05) is 6.92 Å². The summed E-state index contributed by atoms with van der Waals surface area (Å²) in [5.74, 6) is -1.86. The van der Waals surface area contributed by atoms with Crippen LogP contribution in [-0.2, 0) is 0 Å². The smallest absolute Gasteiger partial charge is 0.294 e. The van der Waals surface area contributed by atoms with Gasteiger partial charge < -0.3 is 5.32 Å². The molecule has 0 saturated carbocycles. The summed E-state index contributed by atoms with van der Waals surface area (Å²) in [5, 5.41) is 14.4. The summed E-state index contributed by atoms with van der Waals surface area (Å²) >= 11 is 0. The fourth-order valence-electron chi connectivity index (χ4n) is 3.38. The molecule has 0 saturated heterocycles. The number of hydrogen-bond donors (Lipinski definition) is 1. The van der Waals surface area contributed by atoms with Crippen molar-refractivity contribution in [3.63, 3.8) is 0 Å². The van der Waals surface area contributed by atoms with Gasteiger partial charge in [-0.05, 0) is 31.2 Å². The number of rotatable bonds is 3. The van der Waals surface area contributed by atoms with E-state index < -0.39 is 28.1 Å². The Bertz CT molecular complexity index is 1210. The van der Waals surface area contributed by atoms with Gasteiger partial charge in [-0.1, -0.05) is 42.0 Å². The molecule has 1 amide bonds. The summed E-state index contributed by atoms with van der Waals surface area (Å²) in [6.07, 6.45) is 0. The average Bonchev–Trinajstić information content (AvgIpc) is 2.72. The van der Waals surface area contributed by atoms with Crippen molar-refractivity contribution in [2.45, 2.75) is 6.92 Å². The normalized spacial score (nSPS) is 12.2. The summed E-state index contributed by atoms with van der Waals surface area (Å²) in [6.45, 7) is 1.89. The first kappa shape index (κ1) is 18.2. The molecule has 0 radical (unpaired) electrons. The molecule has 3 aromatic rings.